The van der Waals surface area contributed by atoms with Gasteiger partial charge in [0.25, 0.3) is 34.1 Å². The number of aromatic amines is 1. The number of aromatic nitrogens is 8. The molecule has 15 aromatic rings. The number of rotatable bonds is 19. The Balaban J connectivity index is 0.000000182. The van der Waals surface area contributed by atoms with Gasteiger partial charge in [0, 0.05) is 90.4 Å². The van der Waals surface area contributed by atoms with E-state index in [2.05, 4.69) is 55.6 Å². The zero-order valence-electron chi connectivity index (χ0n) is 75.8. The van der Waals surface area contributed by atoms with E-state index in [0.29, 0.717) is 136 Å². The van der Waals surface area contributed by atoms with Gasteiger partial charge >= 0.3 is 29.8 Å². The van der Waals surface area contributed by atoms with Gasteiger partial charge in [-0.2, -0.15) is 5.26 Å². The number of ketones is 1. The molecule has 2 aliphatic rings. The number of hydrogen-bond donors (Lipinski definition) is 4. The van der Waals surface area contributed by atoms with Crippen molar-refractivity contribution in [3.63, 3.8) is 0 Å². The van der Waals surface area contributed by atoms with Crippen LogP contribution in [0.25, 0.3) is 96.5 Å². The maximum Gasteiger partial charge on any atom is 0.341 e. The average molecular weight is 2190 g/mol. The van der Waals surface area contributed by atoms with E-state index >= 15 is 0 Å². The van der Waals surface area contributed by atoms with E-state index in [1.807, 2.05) is 87.6 Å². The summed E-state index contributed by atoms with van der Waals surface area (Å²) in [5, 5.41) is 35.3. The highest BCUT2D eigenvalue weighted by atomic mass is 79.9. The molecular weight excluding hydrogens is 2110 g/mol. The van der Waals surface area contributed by atoms with Crippen molar-refractivity contribution in [1.82, 2.24) is 48.8 Å². The van der Waals surface area contributed by atoms with Crippen LogP contribution in [-0.4, -0.2) is 160 Å². The van der Waals surface area contributed by atoms with Crippen molar-refractivity contribution in [3.8, 4) is 61.7 Å². The predicted octanol–water partition coefficient (Wildman–Crippen LogP) is 22.0. The number of fused-ring (bicyclic) bond motifs is 4. The number of nitrogens with one attached hydrogen (secondary N) is 2. The van der Waals surface area contributed by atoms with Crippen molar-refractivity contribution in [2.75, 3.05) is 63.7 Å². The molecule has 734 valence electrons. The van der Waals surface area contributed by atoms with Crippen LogP contribution in [0.4, 0.5) is 22.6 Å². The molecule has 2 aliphatic heterocycles. The van der Waals surface area contributed by atoms with Gasteiger partial charge in [0.2, 0.25) is 5.91 Å². The highest BCUT2D eigenvalue weighted by molar-refractivity contribution is 9.09. The summed E-state index contributed by atoms with van der Waals surface area (Å²) < 4.78 is 71.6. The lowest BCUT2D eigenvalue weighted by atomic mass is 10.0. The number of benzene rings is 6. The molecule has 0 radical (unpaired) electrons. The van der Waals surface area contributed by atoms with E-state index in [4.69, 9.17) is 95.2 Å². The number of aryl methyl sites for hydroxylation is 4. The van der Waals surface area contributed by atoms with E-state index in [1.54, 1.807) is 146 Å². The number of ether oxygens (including phenoxy) is 4. The summed E-state index contributed by atoms with van der Waals surface area (Å²) in [7, 11) is 0. The van der Waals surface area contributed by atoms with Crippen LogP contribution >= 0.6 is 142 Å². The van der Waals surface area contributed by atoms with E-state index in [0.717, 1.165) is 59.8 Å². The smallest absolute Gasteiger partial charge is 0.341 e. The number of likely N-dealkylation sites (tertiary alicyclic amines) is 1. The van der Waals surface area contributed by atoms with Crippen molar-refractivity contribution in [2.24, 2.45) is 0 Å². The monoisotopic (exact) mass is 2190 g/mol. The number of nitrogens with two attached hydrogens (primary N) is 1. The fourth-order valence-electron chi connectivity index (χ4n) is 12.9. The SMILES string of the molecule is CC(=O)c1ccc(Cl)cc1.CCOC(=O)CBr.CCOC(=O)CC#N.CCOC(=O)Cn1c(C)nc2scc(-c3ccc(Cl)cc3)c2c1=O.CCOC(=O)c1c(-c2ccc(Cl)cc2)csc1N.Cc1nc2scc(-c3ccc(Cl)cc3)c2c(=O)[nH]1.Cc1nc2scc(-c3ccc(Cl)cc3)c2c(=O)n1CC(=O)N1CC(F)(F)C1.Cc1nc2scc(-c3ccc(Cl)cc3)c2c(=O)n1CC(=O)O.FC1(F)CNC1. The normalized spacial score (nSPS) is 12.2. The number of nitriles is 1. The summed E-state index contributed by atoms with van der Waals surface area (Å²) >= 11 is 44.9. The third kappa shape index (κ3) is 31.0. The highest BCUT2D eigenvalue weighted by Gasteiger charge is 2.46. The van der Waals surface area contributed by atoms with Crippen LogP contribution < -0.4 is 33.3 Å². The van der Waals surface area contributed by atoms with Gasteiger partial charge in [-0.25, -0.2) is 42.3 Å². The van der Waals surface area contributed by atoms with Crippen molar-refractivity contribution >= 4 is 230 Å². The van der Waals surface area contributed by atoms with E-state index < -0.39 is 55.3 Å². The first-order chi connectivity index (χ1) is 66.5. The maximum atomic E-state index is 13.0. The van der Waals surface area contributed by atoms with Crippen LogP contribution in [0, 0.1) is 39.0 Å². The Morgan fingerprint density at radius 1 is 0.464 bits per heavy atom. The van der Waals surface area contributed by atoms with Crippen LogP contribution in [0.15, 0.2) is 192 Å². The number of aliphatic carboxylic acids is 1. The molecule has 5 N–H and O–H groups in total. The number of carbonyl (C=O) groups is 7. The zero-order chi connectivity index (χ0) is 103. The predicted molar refractivity (Wildman–Crippen MR) is 550 cm³/mol. The Labute approximate surface area is 855 Å². The van der Waals surface area contributed by atoms with Crippen LogP contribution in [0.5, 0.6) is 0 Å². The Bertz CT molecular complexity index is 7230. The summed E-state index contributed by atoms with van der Waals surface area (Å²) in [5.41, 5.74) is 14.3. The quantitative estimate of drug-likeness (QED) is 0.0192. The Hall–Kier alpha value is -11.9. The minimum Gasteiger partial charge on any atom is -0.480 e. The summed E-state index contributed by atoms with van der Waals surface area (Å²) in [6.07, 6.45) is -0.145. The second-order valence-electron chi connectivity index (χ2n) is 29.7. The van der Waals surface area contributed by atoms with Gasteiger partial charge in [0.15, 0.2) is 5.78 Å². The van der Waals surface area contributed by atoms with Crippen molar-refractivity contribution < 1.29 is 75.2 Å². The number of amides is 1. The molecule has 17 rings (SSSR count). The standard InChI is InChI=1S/C18H14ClF2N3O2S.C17H15ClN2O3S.C15H11ClN2O3S.C13H9ClN2OS.C13H12ClNO2S.C8H7ClO.C5H7NO2.C4H7BrO2.C3H5F2N/c1-10-22-16-15(13(7-27-16)11-2-4-12(19)5-3-11)17(26)24(10)6-14(25)23-8-18(20,21)9-23;1-3-23-14(21)8-20-10(2)19-16-15(17(20)22)13(9-24-16)11-4-6-12(18)7-5-11;1-8-17-14-13(15(21)18(8)6-12(19)20)11(7-22-14)9-2-4-10(16)5-3-9;1-7-15-12(17)11-10(6-18-13(11)16-7)8-2-4-9(14)5-3-8;1-2-17-13(16)11-10(7-18-12(11)15)8-3-5-9(14)6-4-8;1-6(10)7-2-4-8(9)5-3-7;1-2-8-5(7)3-4-6;1-2-7-4(6)3-5;4-3(5)1-6-2-3/h2-5,7H,6,8-9H2,1H3;4-7,9H,3,8H2,1-2H3;2-5,7H,6H2,1H3,(H,19,20);2-6H,1H3,(H,15,16,17);3-7H,2,15H2,1H3;2-5H,1H3;2-3H2,1H3;2-3H2,1H3;6H,1-2H2. The zero-order valence-corrected chi connectivity index (χ0v) is 86.0. The molecule has 28 nitrogen and oxygen atoms in total. The molecular formula is C96H87BrCl6F4N12O16S5. The number of thiophene rings is 5. The molecule has 9 aromatic heterocycles. The molecule has 1 amide bonds. The third-order valence-corrected chi connectivity index (χ3v) is 25.9. The minimum absolute atomic E-state index is 0.0664. The summed E-state index contributed by atoms with van der Waals surface area (Å²) in [5.74, 6) is -6.36. The van der Waals surface area contributed by atoms with Crippen molar-refractivity contribution in [3.05, 3.63) is 278 Å². The largest absolute Gasteiger partial charge is 0.480 e. The van der Waals surface area contributed by atoms with Gasteiger partial charge in [-0.1, -0.05) is 146 Å². The third-order valence-electron chi connectivity index (χ3n) is 19.6. The fourth-order valence-corrected chi connectivity index (χ4v) is 18.5. The highest BCUT2D eigenvalue weighted by Crippen LogP contribution is 2.39. The van der Waals surface area contributed by atoms with Crippen molar-refractivity contribution in [1.29, 1.82) is 5.26 Å². The van der Waals surface area contributed by atoms with E-state index in [-0.39, 0.29) is 79.2 Å². The van der Waals surface area contributed by atoms with Gasteiger partial charge in [-0.3, -0.25) is 61.6 Å². The second kappa shape index (κ2) is 52.5. The first-order valence-corrected chi connectivity index (χ1v) is 49.7. The first-order valence-electron chi connectivity index (χ1n) is 41.9. The summed E-state index contributed by atoms with van der Waals surface area (Å²) in [6.45, 7) is 14.3. The van der Waals surface area contributed by atoms with E-state index in [1.165, 1.54) is 77.3 Å². The molecule has 0 unspecified atom stereocenters. The molecule has 0 spiro atoms. The lowest BCUT2D eigenvalue weighted by Gasteiger charge is -2.38. The van der Waals surface area contributed by atoms with E-state index in [9.17, 15) is 70.3 Å². The van der Waals surface area contributed by atoms with Crippen LogP contribution in [0.1, 0.15) is 85.1 Å². The fraction of sp³-hybridized carbons (Fsp3) is 0.250. The molecule has 0 aliphatic carbocycles. The molecule has 6 aromatic carbocycles. The second-order valence-corrected chi connectivity index (χ2v) is 37.2. The number of anilines is 1. The van der Waals surface area contributed by atoms with Gasteiger partial charge in [0.05, 0.1) is 80.2 Å². The Morgan fingerprint density at radius 2 is 0.786 bits per heavy atom. The maximum absolute atomic E-state index is 13.0. The number of H-pyrrole nitrogens is 1. The molecule has 0 saturated carbocycles. The number of hydrogen-bond acceptors (Lipinski definition) is 27. The first kappa shape index (κ1) is 112. The number of esters is 4. The molecule has 44 heteroatoms. The molecule has 2 saturated heterocycles. The van der Waals surface area contributed by atoms with Crippen LogP contribution in [0.2, 0.25) is 30.1 Å². The lowest BCUT2D eigenvalue weighted by molar-refractivity contribution is -0.166. The van der Waals surface area contributed by atoms with Crippen LogP contribution in [0.3, 0.4) is 0 Å². The number of halogens is 11. The topological polar surface area (TPSA) is 392 Å². The molecule has 2 fully saturated rings. The number of carboxylic acid groups (broad SMARTS) is 1. The Morgan fingerprint density at radius 3 is 1.11 bits per heavy atom. The molecule has 0 atom stereocenters. The van der Waals surface area contributed by atoms with Gasteiger partial charge in [-0.05, 0) is 175 Å². The van der Waals surface area contributed by atoms with Gasteiger partial charge in [0.1, 0.15) is 84.6 Å². The number of nitrogen functional groups attached to an aromatic ring is 1. The van der Waals surface area contributed by atoms with Gasteiger partial charge < -0.3 is 45.0 Å². The summed E-state index contributed by atoms with van der Waals surface area (Å²) in [4.78, 5) is 152. The number of carboxylic acids is 1. The lowest BCUT2D eigenvalue weighted by Crippen LogP contribution is -2.59. The number of Topliss-reactive ketones (excluding diaryl/α,β-unsaturated/α-hetero) is 1. The Kier molecular flexibility index (Phi) is 41.9. The number of alkyl halides is 5. The minimum atomic E-state index is -2.84. The van der Waals surface area contributed by atoms with Crippen LogP contribution in [-0.2, 0) is 62.6 Å². The average Bonchev–Trinajstić information content (AvgIpc) is 1.54. The number of carbonyl (C=O) groups excluding carboxylic acids is 6. The summed E-state index contributed by atoms with van der Waals surface area (Å²) in [6, 6.07) is 44.7. The molecule has 0 bridgehead atoms. The number of nitrogens with zero attached hydrogens (tertiary/aromatic N) is 9. The van der Waals surface area contributed by atoms with Gasteiger partial charge in [-0.15, -0.1) is 56.7 Å². The molecule has 11 heterocycles. The van der Waals surface area contributed by atoms with Crippen molar-refractivity contribution in [2.45, 2.75) is 100 Å². The molecule has 140 heavy (non-hydrogen) atoms.